The van der Waals surface area contributed by atoms with E-state index in [2.05, 4.69) is 0 Å². The smallest absolute Gasteiger partial charge is 0 e. The van der Waals surface area contributed by atoms with Crippen molar-refractivity contribution in [1.82, 2.24) is 0 Å². The van der Waals surface area contributed by atoms with Gasteiger partial charge in [0, 0.05) is 104 Å². The van der Waals surface area contributed by atoms with Gasteiger partial charge in [0.15, 0.2) is 0 Å². The fourth-order valence-corrected chi connectivity index (χ4v) is 0. The molecule has 0 aromatic carbocycles. The fraction of sp³-hybridized carbons (Fsp3) is 0. The molecule has 0 aromatic rings. The Morgan fingerprint density at radius 3 is 1.00 bits per heavy atom. The van der Waals surface area contributed by atoms with Crippen LogP contribution in [0.5, 0.6) is 0 Å². The van der Waals surface area contributed by atoms with Crippen molar-refractivity contribution < 1.29 is 43.3 Å². The third kappa shape index (κ3) is 9.06. The van der Waals surface area contributed by atoms with Gasteiger partial charge in [0.2, 0.25) is 0 Å². The van der Waals surface area contributed by atoms with Crippen molar-refractivity contribution in [3.63, 3.8) is 0 Å². The first kappa shape index (κ1) is 26.1. The molecule has 0 unspecified atom stereocenters. The van der Waals surface area contributed by atoms with Crippen molar-refractivity contribution in [3.05, 3.63) is 0 Å². The molecule has 0 aliphatic heterocycles. The predicted molar refractivity (Wildman–Crippen MR) is 11.5 cm³/mol. The Hall–Kier alpha value is 3.43. The number of hydrogen-bond acceptors (Lipinski definition) is 0. The average Bonchev–Trinajstić information content (AvgIpc) is 0. The maximum absolute atomic E-state index is 0. The molecule has 0 saturated carbocycles. The molecule has 0 bridgehead atoms. The first-order valence-corrected chi connectivity index (χ1v) is 0. The van der Waals surface area contributed by atoms with Gasteiger partial charge >= 0.3 is 0 Å². The summed E-state index contributed by atoms with van der Waals surface area (Å²) in [4.78, 5) is 0. The molecule has 0 rings (SSSR count). The van der Waals surface area contributed by atoms with Crippen molar-refractivity contribution in [2.45, 2.75) is 0 Å². The first-order chi connectivity index (χ1) is 0. The zero-order valence-corrected chi connectivity index (χ0v) is 9.45. The van der Waals surface area contributed by atoms with Gasteiger partial charge in [-0.05, 0) is 0 Å². The van der Waals surface area contributed by atoms with E-state index in [-0.39, 0.29) is 104 Å². The van der Waals surface area contributed by atoms with Crippen LogP contribution in [-0.4, -0.2) is 60.8 Å². The van der Waals surface area contributed by atoms with Crippen LogP contribution in [0.2, 0.25) is 0 Å². The zero-order chi connectivity index (χ0) is 0. The molecule has 4 heavy (non-hydrogen) atoms. The Labute approximate surface area is 102 Å². The van der Waals surface area contributed by atoms with Crippen molar-refractivity contribution in [2.24, 2.45) is 0 Å². The van der Waals surface area contributed by atoms with Crippen LogP contribution in [0.1, 0.15) is 0 Å². The molecule has 4 heteroatoms. The van der Waals surface area contributed by atoms with E-state index in [9.17, 15) is 0 Å². The second kappa shape index (κ2) is 16.1. The summed E-state index contributed by atoms with van der Waals surface area (Å²) in [5.74, 6) is 0. The largest absolute Gasteiger partial charge is 0 e. The molecule has 0 spiro atoms. The van der Waals surface area contributed by atoms with E-state index >= 15 is 0 Å². The van der Waals surface area contributed by atoms with Crippen LogP contribution in [0, 0.1) is 0 Å². The molecule has 0 aliphatic rings. The van der Waals surface area contributed by atoms with E-state index in [4.69, 9.17) is 0 Å². The van der Waals surface area contributed by atoms with E-state index in [1.54, 1.807) is 0 Å². The van der Waals surface area contributed by atoms with E-state index in [1.807, 2.05) is 0 Å². The summed E-state index contributed by atoms with van der Waals surface area (Å²) in [7, 11) is 0. The maximum Gasteiger partial charge on any atom is 0 e. The third-order valence-corrected chi connectivity index (χ3v) is 0. The summed E-state index contributed by atoms with van der Waals surface area (Å²) in [5.41, 5.74) is 0. The molecule has 0 aromatic heterocycles. The van der Waals surface area contributed by atoms with E-state index < -0.39 is 0 Å². The molecule has 16 valence electrons. The van der Waals surface area contributed by atoms with Crippen LogP contribution in [0.3, 0.4) is 0 Å². The van der Waals surface area contributed by atoms with E-state index in [0.29, 0.717) is 0 Å². The Balaban J connectivity index is 0. The summed E-state index contributed by atoms with van der Waals surface area (Å²) in [5, 5.41) is 0. The van der Waals surface area contributed by atoms with Crippen LogP contribution in [0.4, 0.5) is 0 Å². The zero-order valence-electron chi connectivity index (χ0n) is 2.27. The third-order valence-electron chi connectivity index (χ3n) is 0. The minimum absolute atomic E-state index is 0. The van der Waals surface area contributed by atoms with Crippen LogP contribution >= 0.6 is 0 Å². The molecule has 0 amide bonds. The number of hydrogen-bond donors (Lipinski definition) is 0. The van der Waals surface area contributed by atoms with Gasteiger partial charge < -0.3 is 0 Å². The maximum atomic E-state index is 0. The molecule has 0 fully saturated rings. The second-order valence-corrected chi connectivity index (χ2v) is 0. The summed E-state index contributed by atoms with van der Waals surface area (Å²) in [6.07, 6.45) is 0. The van der Waals surface area contributed by atoms with Crippen molar-refractivity contribution in [3.8, 4) is 0 Å². The molecule has 0 N–H and O–H groups in total. The molecule has 4 radical (unpaired) electrons. The first-order valence-electron chi connectivity index (χ1n) is 0. The summed E-state index contributed by atoms with van der Waals surface area (Å²) >= 11 is 0. The van der Waals surface area contributed by atoms with Gasteiger partial charge in [-0.1, -0.05) is 0 Å². The Morgan fingerprint density at radius 1 is 1.00 bits per heavy atom. The molecule has 0 nitrogen and oxygen atoms in total. The quantitative estimate of drug-likeness (QED) is 0.462. The van der Waals surface area contributed by atoms with Gasteiger partial charge in [-0.25, -0.2) is 0 Å². The normalized spacial score (nSPS) is 0. The van der Waals surface area contributed by atoms with Gasteiger partial charge in [-0.2, -0.15) is 0 Å². The second-order valence-electron chi connectivity index (χ2n) is 0. The summed E-state index contributed by atoms with van der Waals surface area (Å²) in [6.45, 7) is 0. The monoisotopic (exact) mass is 210 g/mol. The van der Waals surface area contributed by atoms with E-state index in [0.717, 1.165) is 0 Å². The topological polar surface area (TPSA) is 0 Å². The Bertz CT molecular complexity index is 8.00. The van der Waals surface area contributed by atoms with E-state index in [1.165, 1.54) is 0 Å². The van der Waals surface area contributed by atoms with Gasteiger partial charge in [0.25, 0.3) is 0 Å². The van der Waals surface area contributed by atoms with Gasteiger partial charge in [-0.3, -0.25) is 0 Å². The minimum atomic E-state index is 0. The molecule has 0 saturated heterocycles. The fourth-order valence-electron chi connectivity index (χ4n) is 0. The van der Waals surface area contributed by atoms with Crippen molar-refractivity contribution in [1.29, 1.82) is 0 Å². The van der Waals surface area contributed by atoms with Crippen LogP contribution < -0.4 is 0 Å². The average molecular weight is 211 g/mol. The summed E-state index contributed by atoms with van der Waals surface area (Å²) in [6, 6.07) is 0. The molecular weight excluding hydrogens is 211 g/mol. The molecule has 0 heterocycles. The standard InChI is InChI=1S/Ca.Fe.Mg.Zr. The van der Waals surface area contributed by atoms with Crippen molar-refractivity contribution >= 4 is 60.8 Å². The predicted octanol–water partition coefficient (Wildman–Crippen LogP) is -0.767. The van der Waals surface area contributed by atoms with Gasteiger partial charge in [0.1, 0.15) is 0 Å². The molecule has 0 atom stereocenters. The number of rotatable bonds is 0. The molecular formula is CaFeMgZr. The minimum Gasteiger partial charge on any atom is 0 e. The van der Waals surface area contributed by atoms with Crippen LogP contribution in [-0.2, 0) is 43.3 Å². The van der Waals surface area contributed by atoms with Gasteiger partial charge in [0.05, 0.1) is 0 Å². The molecule has 0 aliphatic carbocycles. The SMILES string of the molecule is [Ca].[Fe].[Mg].[Zr]. The Morgan fingerprint density at radius 2 is 1.00 bits per heavy atom. The van der Waals surface area contributed by atoms with Gasteiger partial charge in [-0.15, -0.1) is 0 Å². The summed E-state index contributed by atoms with van der Waals surface area (Å²) < 4.78 is 0. The van der Waals surface area contributed by atoms with Crippen molar-refractivity contribution in [2.75, 3.05) is 0 Å². The van der Waals surface area contributed by atoms with Crippen LogP contribution in [0.15, 0.2) is 0 Å². The Kier molecular flexibility index (Phi) is 105. The van der Waals surface area contributed by atoms with Crippen LogP contribution in [0.25, 0.3) is 0 Å².